The summed E-state index contributed by atoms with van der Waals surface area (Å²) in [6.07, 6.45) is 0. The van der Waals surface area contributed by atoms with Gasteiger partial charge in [0.05, 0.1) is 11.1 Å². The van der Waals surface area contributed by atoms with E-state index >= 15 is 0 Å². The standard InChI is InChI=1S/C73H49N/c1-5-22-53(23-6-1)70-64-33-16-15-32-62(64)63-48-43-55(49-66(63)71(70)54-24-7-2-8-25-54)50-39-44-58(45-40-50)74(59-46-41-52(42-47-59)61-35-19-26-51-21-13-14-31-60(51)61)69-38-20-37-68-72(69)65-34-17-18-36-67(65)73(68,56-27-9-3-10-28-56)57-29-11-4-12-30-57/h1-49H. The molecule has 14 rings (SSSR count). The maximum atomic E-state index is 2.48. The second-order valence-corrected chi connectivity index (χ2v) is 19.5. The molecule has 74 heavy (non-hydrogen) atoms. The van der Waals surface area contributed by atoms with Gasteiger partial charge in [-0.05, 0) is 141 Å². The number of hydrogen-bond donors (Lipinski definition) is 0. The summed E-state index contributed by atoms with van der Waals surface area (Å²) in [6, 6.07) is 110. The van der Waals surface area contributed by atoms with Gasteiger partial charge in [0.25, 0.3) is 0 Å². The Morgan fingerprint density at radius 2 is 0.703 bits per heavy atom. The average Bonchev–Trinajstić information content (AvgIpc) is 3.86. The van der Waals surface area contributed by atoms with Gasteiger partial charge in [0, 0.05) is 16.9 Å². The van der Waals surface area contributed by atoms with Crippen molar-refractivity contribution in [1.29, 1.82) is 0 Å². The first-order chi connectivity index (χ1) is 36.7. The molecule has 0 heterocycles. The van der Waals surface area contributed by atoms with Gasteiger partial charge in [-0.2, -0.15) is 0 Å². The Labute approximate surface area is 432 Å². The van der Waals surface area contributed by atoms with Gasteiger partial charge < -0.3 is 4.90 Å². The monoisotopic (exact) mass is 939 g/mol. The largest absolute Gasteiger partial charge is 0.310 e. The minimum Gasteiger partial charge on any atom is -0.310 e. The van der Waals surface area contributed by atoms with Crippen LogP contribution in [-0.4, -0.2) is 0 Å². The normalized spacial score (nSPS) is 12.4. The molecule has 0 unspecified atom stereocenters. The Bertz CT molecular complexity index is 4160. The highest BCUT2D eigenvalue weighted by molar-refractivity contribution is 6.22. The Balaban J connectivity index is 0.965. The van der Waals surface area contributed by atoms with Crippen LogP contribution in [0.15, 0.2) is 297 Å². The number of rotatable bonds is 9. The molecule has 0 atom stereocenters. The Morgan fingerprint density at radius 1 is 0.243 bits per heavy atom. The molecule has 0 spiro atoms. The molecule has 0 aliphatic heterocycles. The van der Waals surface area contributed by atoms with Crippen molar-refractivity contribution in [3.05, 3.63) is 320 Å². The lowest BCUT2D eigenvalue weighted by molar-refractivity contribution is 0.768. The molecule has 0 bridgehead atoms. The maximum Gasteiger partial charge on any atom is 0.0714 e. The van der Waals surface area contributed by atoms with Crippen LogP contribution in [-0.2, 0) is 5.41 Å². The van der Waals surface area contributed by atoms with Crippen LogP contribution in [0.2, 0.25) is 0 Å². The SMILES string of the molecule is c1ccc(-c2c(-c3ccccc3)c3cc(-c4ccc(N(c5ccc(-c6cccc7ccccc67)cc5)c5cccc6c5-c5ccccc5C6(c5ccccc5)c5ccccc5)cc4)ccc3c3ccccc23)cc1. The van der Waals surface area contributed by atoms with E-state index in [1.165, 1.54) is 105 Å². The first kappa shape index (κ1) is 43.2. The molecule has 0 N–H and O–H groups in total. The van der Waals surface area contributed by atoms with Crippen molar-refractivity contribution in [2.24, 2.45) is 0 Å². The molecule has 0 aromatic heterocycles. The summed E-state index contributed by atoms with van der Waals surface area (Å²) >= 11 is 0. The number of benzene rings is 13. The molecule has 1 aliphatic rings. The van der Waals surface area contributed by atoms with Gasteiger partial charge in [-0.25, -0.2) is 0 Å². The lowest BCUT2D eigenvalue weighted by Crippen LogP contribution is -2.28. The third-order valence-corrected chi connectivity index (χ3v) is 15.5. The van der Waals surface area contributed by atoms with E-state index in [1.54, 1.807) is 0 Å². The molecule has 1 nitrogen and oxygen atoms in total. The van der Waals surface area contributed by atoms with Gasteiger partial charge in [-0.1, -0.05) is 261 Å². The lowest BCUT2D eigenvalue weighted by atomic mass is 9.68. The zero-order valence-electron chi connectivity index (χ0n) is 40.7. The molecule has 0 radical (unpaired) electrons. The molecule has 1 aliphatic carbocycles. The van der Waals surface area contributed by atoms with E-state index < -0.39 is 5.41 Å². The van der Waals surface area contributed by atoms with Crippen molar-refractivity contribution >= 4 is 49.4 Å². The van der Waals surface area contributed by atoms with E-state index in [2.05, 4.69) is 302 Å². The quantitative estimate of drug-likeness (QED) is 0.130. The minimum atomic E-state index is -0.529. The van der Waals surface area contributed by atoms with Gasteiger partial charge in [-0.3, -0.25) is 0 Å². The zero-order valence-corrected chi connectivity index (χ0v) is 40.7. The van der Waals surface area contributed by atoms with E-state index in [0.717, 1.165) is 22.6 Å². The Hall–Kier alpha value is -9.56. The summed E-state index contributed by atoms with van der Waals surface area (Å²) in [5, 5.41) is 7.49. The first-order valence-electron chi connectivity index (χ1n) is 25.7. The highest BCUT2D eigenvalue weighted by Crippen LogP contribution is 2.59. The number of hydrogen-bond acceptors (Lipinski definition) is 1. The van der Waals surface area contributed by atoms with Crippen molar-refractivity contribution in [2.45, 2.75) is 5.41 Å². The molecule has 0 amide bonds. The highest BCUT2D eigenvalue weighted by Gasteiger charge is 2.47. The van der Waals surface area contributed by atoms with Crippen molar-refractivity contribution in [3.63, 3.8) is 0 Å². The van der Waals surface area contributed by atoms with Crippen LogP contribution in [0.4, 0.5) is 17.1 Å². The van der Waals surface area contributed by atoms with E-state index in [4.69, 9.17) is 0 Å². The van der Waals surface area contributed by atoms with Crippen LogP contribution in [0.25, 0.3) is 88.0 Å². The average molecular weight is 940 g/mol. The molecule has 0 fully saturated rings. The summed E-state index contributed by atoms with van der Waals surface area (Å²) in [4.78, 5) is 2.48. The fraction of sp³-hybridized carbons (Fsp3) is 0.0137. The van der Waals surface area contributed by atoms with E-state index in [1.807, 2.05) is 0 Å². The minimum absolute atomic E-state index is 0.529. The van der Waals surface area contributed by atoms with Crippen LogP contribution in [0.1, 0.15) is 22.3 Å². The number of nitrogens with zero attached hydrogens (tertiary/aromatic N) is 1. The molecule has 0 saturated heterocycles. The predicted molar refractivity (Wildman–Crippen MR) is 313 cm³/mol. The molecule has 346 valence electrons. The number of fused-ring (bicyclic) bond motifs is 7. The van der Waals surface area contributed by atoms with Gasteiger partial charge in [0.1, 0.15) is 0 Å². The topological polar surface area (TPSA) is 3.24 Å². The van der Waals surface area contributed by atoms with Gasteiger partial charge in [-0.15, -0.1) is 0 Å². The molecule has 0 saturated carbocycles. The molecule has 13 aromatic carbocycles. The Kier molecular flexibility index (Phi) is 10.5. The predicted octanol–water partition coefficient (Wildman–Crippen LogP) is 19.6. The van der Waals surface area contributed by atoms with Crippen LogP contribution >= 0.6 is 0 Å². The van der Waals surface area contributed by atoms with Crippen LogP contribution in [0, 0.1) is 0 Å². The summed E-state index contributed by atoms with van der Waals surface area (Å²) in [7, 11) is 0. The third kappa shape index (κ3) is 6.93. The van der Waals surface area contributed by atoms with Crippen molar-refractivity contribution in [2.75, 3.05) is 4.90 Å². The van der Waals surface area contributed by atoms with Crippen molar-refractivity contribution in [1.82, 2.24) is 0 Å². The molecular formula is C73H49N. The van der Waals surface area contributed by atoms with Crippen molar-refractivity contribution < 1.29 is 0 Å². The second kappa shape index (κ2) is 17.9. The fourth-order valence-electron chi connectivity index (χ4n) is 12.3. The van der Waals surface area contributed by atoms with Gasteiger partial charge in [0.15, 0.2) is 0 Å². The van der Waals surface area contributed by atoms with E-state index in [9.17, 15) is 0 Å². The summed E-state index contributed by atoms with van der Waals surface area (Å²) in [5.41, 5.74) is 20.0. The van der Waals surface area contributed by atoms with E-state index in [-0.39, 0.29) is 0 Å². The fourth-order valence-corrected chi connectivity index (χ4v) is 12.3. The summed E-state index contributed by atoms with van der Waals surface area (Å²) in [6.45, 7) is 0. The van der Waals surface area contributed by atoms with E-state index in [0.29, 0.717) is 0 Å². The Morgan fingerprint density at radius 3 is 1.36 bits per heavy atom. The summed E-state index contributed by atoms with van der Waals surface area (Å²) < 4.78 is 0. The highest BCUT2D eigenvalue weighted by atomic mass is 15.1. The molecule has 13 aromatic rings. The van der Waals surface area contributed by atoms with Gasteiger partial charge >= 0.3 is 0 Å². The van der Waals surface area contributed by atoms with Crippen LogP contribution < -0.4 is 4.90 Å². The summed E-state index contributed by atoms with van der Waals surface area (Å²) in [5.74, 6) is 0. The third-order valence-electron chi connectivity index (χ3n) is 15.5. The molecular weight excluding hydrogens is 891 g/mol. The maximum absolute atomic E-state index is 2.48. The molecule has 1 heteroatoms. The van der Waals surface area contributed by atoms with Gasteiger partial charge in [0.2, 0.25) is 0 Å². The smallest absolute Gasteiger partial charge is 0.0714 e. The zero-order chi connectivity index (χ0) is 49.0. The lowest BCUT2D eigenvalue weighted by Gasteiger charge is -2.34. The van der Waals surface area contributed by atoms with Crippen molar-refractivity contribution in [3.8, 4) is 55.6 Å². The van der Waals surface area contributed by atoms with Crippen LogP contribution in [0.5, 0.6) is 0 Å². The first-order valence-corrected chi connectivity index (χ1v) is 25.7. The van der Waals surface area contributed by atoms with Crippen LogP contribution in [0.3, 0.4) is 0 Å². The number of anilines is 3. The second-order valence-electron chi connectivity index (χ2n) is 19.5.